The van der Waals surface area contributed by atoms with Crippen molar-refractivity contribution < 1.29 is 14.3 Å². The first-order valence-corrected chi connectivity index (χ1v) is 9.69. The third kappa shape index (κ3) is 6.32. The highest BCUT2D eigenvalue weighted by atomic mass is 79.9. The van der Waals surface area contributed by atoms with Gasteiger partial charge in [-0.15, -0.1) is 0 Å². The highest BCUT2D eigenvalue weighted by Gasteiger charge is 2.04. The van der Waals surface area contributed by atoms with E-state index in [1.54, 1.807) is 0 Å². The molecule has 3 aromatic rings. The second kappa shape index (κ2) is 10.4. The summed E-state index contributed by atoms with van der Waals surface area (Å²) in [6, 6.07) is 24.5. The van der Waals surface area contributed by atoms with Gasteiger partial charge in [-0.2, -0.15) is 0 Å². The molecule has 3 rings (SSSR count). The molecule has 1 amide bonds. The fourth-order valence-electron chi connectivity index (χ4n) is 2.46. The van der Waals surface area contributed by atoms with Gasteiger partial charge in [0.15, 0.2) is 0 Å². The maximum absolute atomic E-state index is 12.1. The van der Waals surface area contributed by atoms with Crippen LogP contribution in [-0.4, -0.2) is 25.7 Å². The third-order valence-corrected chi connectivity index (χ3v) is 4.51. The summed E-state index contributed by atoms with van der Waals surface area (Å²) >= 11 is 3.44. The maximum atomic E-state index is 12.1. The molecule has 6 heteroatoms. The summed E-state index contributed by atoms with van der Waals surface area (Å²) in [5, 5.41) is 5.95. The van der Waals surface area contributed by atoms with Crippen molar-refractivity contribution in [2.45, 2.75) is 0 Å². The molecule has 0 aliphatic carbocycles. The molecule has 0 saturated heterocycles. The summed E-state index contributed by atoms with van der Waals surface area (Å²) in [6.45, 7) is 1.08. The average molecular weight is 441 g/mol. The van der Waals surface area contributed by atoms with Crippen LogP contribution in [0.3, 0.4) is 0 Å². The Morgan fingerprint density at radius 3 is 2.07 bits per heavy atom. The highest BCUT2D eigenvalue weighted by molar-refractivity contribution is 9.10. The van der Waals surface area contributed by atoms with Crippen LogP contribution in [0.5, 0.6) is 11.5 Å². The highest BCUT2D eigenvalue weighted by Crippen LogP contribution is 2.21. The number of para-hydroxylation sites is 2. The Bertz CT molecular complexity index is 886. The van der Waals surface area contributed by atoms with Gasteiger partial charge in [-0.1, -0.05) is 30.3 Å². The first-order chi connectivity index (χ1) is 13.7. The Kier molecular flexibility index (Phi) is 7.32. The number of hydrogen-bond acceptors (Lipinski definition) is 4. The number of carbonyl (C=O) groups excluding carboxylic acids is 1. The van der Waals surface area contributed by atoms with Crippen LogP contribution in [0.4, 0.5) is 11.4 Å². The molecule has 0 saturated carbocycles. The van der Waals surface area contributed by atoms with Crippen molar-refractivity contribution in [3.8, 4) is 11.5 Å². The Morgan fingerprint density at radius 2 is 1.39 bits per heavy atom. The number of rotatable bonds is 9. The van der Waals surface area contributed by atoms with E-state index in [1.807, 2.05) is 78.9 Å². The molecule has 144 valence electrons. The molecule has 0 fully saturated rings. The number of amides is 1. The molecule has 0 aromatic heterocycles. The minimum Gasteiger partial charge on any atom is -0.490 e. The van der Waals surface area contributed by atoms with E-state index in [9.17, 15) is 4.79 Å². The van der Waals surface area contributed by atoms with Crippen molar-refractivity contribution in [1.29, 1.82) is 0 Å². The topological polar surface area (TPSA) is 59.6 Å². The summed E-state index contributed by atoms with van der Waals surface area (Å²) in [5.41, 5.74) is 1.59. The van der Waals surface area contributed by atoms with Crippen molar-refractivity contribution in [1.82, 2.24) is 0 Å². The lowest BCUT2D eigenvalue weighted by Crippen LogP contribution is -2.21. The second-order valence-electron chi connectivity index (χ2n) is 5.92. The van der Waals surface area contributed by atoms with E-state index >= 15 is 0 Å². The zero-order valence-corrected chi connectivity index (χ0v) is 16.8. The smallest absolute Gasteiger partial charge is 0.243 e. The summed E-state index contributed by atoms with van der Waals surface area (Å²) < 4.78 is 12.2. The Balaban J connectivity index is 1.39. The molecule has 0 aliphatic rings. The fourth-order valence-corrected chi connectivity index (χ4v) is 2.88. The van der Waals surface area contributed by atoms with E-state index in [0.29, 0.717) is 18.9 Å². The predicted molar refractivity (Wildman–Crippen MR) is 115 cm³/mol. The quantitative estimate of drug-likeness (QED) is 0.461. The van der Waals surface area contributed by atoms with Gasteiger partial charge in [-0.05, 0) is 64.5 Å². The van der Waals surface area contributed by atoms with E-state index in [4.69, 9.17) is 9.47 Å². The van der Waals surface area contributed by atoms with Crippen LogP contribution in [-0.2, 0) is 4.79 Å². The lowest BCUT2D eigenvalue weighted by molar-refractivity contribution is -0.114. The van der Waals surface area contributed by atoms with Gasteiger partial charge in [0, 0.05) is 15.8 Å². The minimum atomic E-state index is -0.124. The number of carbonyl (C=O) groups is 1. The van der Waals surface area contributed by atoms with Crippen molar-refractivity contribution >= 4 is 33.2 Å². The molecule has 0 radical (unpaired) electrons. The minimum absolute atomic E-state index is 0.124. The molecule has 5 nitrogen and oxygen atoms in total. The largest absolute Gasteiger partial charge is 0.490 e. The normalized spacial score (nSPS) is 10.2. The number of benzene rings is 3. The Labute approximate surface area is 172 Å². The van der Waals surface area contributed by atoms with Gasteiger partial charge in [0.2, 0.25) is 5.91 Å². The van der Waals surface area contributed by atoms with Crippen LogP contribution in [0.25, 0.3) is 0 Å². The summed E-state index contributed by atoms with van der Waals surface area (Å²) in [5.74, 6) is 1.42. The van der Waals surface area contributed by atoms with Gasteiger partial charge in [0.1, 0.15) is 24.7 Å². The first-order valence-electron chi connectivity index (χ1n) is 8.90. The number of ether oxygens (including phenoxy) is 2. The Morgan fingerprint density at radius 1 is 0.786 bits per heavy atom. The molecule has 3 aromatic carbocycles. The predicted octanol–water partition coefficient (Wildman–Crippen LogP) is 4.96. The Hall–Kier alpha value is -2.99. The number of nitrogens with one attached hydrogen (secondary N) is 2. The zero-order chi connectivity index (χ0) is 19.6. The number of hydrogen-bond donors (Lipinski definition) is 2. The van der Waals surface area contributed by atoms with E-state index < -0.39 is 0 Å². The molecule has 0 aliphatic heterocycles. The van der Waals surface area contributed by atoms with E-state index in [-0.39, 0.29) is 12.5 Å². The van der Waals surface area contributed by atoms with Crippen molar-refractivity contribution in [3.63, 3.8) is 0 Å². The van der Waals surface area contributed by atoms with Gasteiger partial charge >= 0.3 is 0 Å². The van der Waals surface area contributed by atoms with E-state index in [1.165, 1.54) is 0 Å². The zero-order valence-electron chi connectivity index (χ0n) is 15.2. The SMILES string of the molecule is O=C(CNc1ccccc1Br)Nc1ccc(OCCOc2ccccc2)cc1. The van der Waals surface area contributed by atoms with Crippen LogP contribution < -0.4 is 20.1 Å². The molecule has 0 unspecified atom stereocenters. The van der Waals surface area contributed by atoms with Gasteiger partial charge in [-0.3, -0.25) is 4.79 Å². The summed E-state index contributed by atoms with van der Waals surface area (Å²) in [7, 11) is 0. The number of halogens is 1. The second-order valence-corrected chi connectivity index (χ2v) is 6.77. The summed E-state index contributed by atoms with van der Waals surface area (Å²) in [6.07, 6.45) is 0. The first kappa shape index (κ1) is 19.8. The van der Waals surface area contributed by atoms with Crippen LogP contribution >= 0.6 is 15.9 Å². The molecule has 0 atom stereocenters. The van der Waals surface area contributed by atoms with Gasteiger partial charge in [0.25, 0.3) is 0 Å². The van der Waals surface area contributed by atoms with Crippen LogP contribution in [0.2, 0.25) is 0 Å². The molecule has 2 N–H and O–H groups in total. The van der Waals surface area contributed by atoms with Crippen LogP contribution in [0.15, 0.2) is 83.3 Å². The molecule has 0 spiro atoms. The molecular weight excluding hydrogens is 420 g/mol. The summed E-state index contributed by atoms with van der Waals surface area (Å²) in [4.78, 5) is 12.1. The standard InChI is InChI=1S/C22H21BrN2O3/c23-20-8-4-5-9-21(20)24-16-22(26)25-17-10-12-19(13-11-17)28-15-14-27-18-6-2-1-3-7-18/h1-13,24H,14-16H2,(H,25,26). The van der Waals surface area contributed by atoms with E-state index in [2.05, 4.69) is 26.6 Å². The molecular formula is C22H21BrN2O3. The van der Waals surface area contributed by atoms with Crippen molar-refractivity contribution in [2.24, 2.45) is 0 Å². The van der Waals surface area contributed by atoms with Gasteiger partial charge in [0.05, 0.1) is 6.54 Å². The van der Waals surface area contributed by atoms with Gasteiger partial charge in [-0.25, -0.2) is 0 Å². The van der Waals surface area contributed by atoms with E-state index in [0.717, 1.165) is 21.7 Å². The third-order valence-electron chi connectivity index (χ3n) is 3.82. The average Bonchev–Trinajstić information content (AvgIpc) is 2.72. The monoisotopic (exact) mass is 440 g/mol. The van der Waals surface area contributed by atoms with Gasteiger partial charge < -0.3 is 20.1 Å². The molecule has 0 bridgehead atoms. The van der Waals surface area contributed by atoms with Crippen molar-refractivity contribution in [3.05, 3.63) is 83.3 Å². The fraction of sp³-hybridized carbons (Fsp3) is 0.136. The molecule has 28 heavy (non-hydrogen) atoms. The van der Waals surface area contributed by atoms with Crippen LogP contribution in [0.1, 0.15) is 0 Å². The van der Waals surface area contributed by atoms with Crippen molar-refractivity contribution in [2.75, 3.05) is 30.4 Å². The lowest BCUT2D eigenvalue weighted by Gasteiger charge is -2.11. The lowest BCUT2D eigenvalue weighted by atomic mass is 10.3. The number of anilines is 2. The molecule has 0 heterocycles. The van der Waals surface area contributed by atoms with Crippen LogP contribution in [0, 0.1) is 0 Å². The maximum Gasteiger partial charge on any atom is 0.243 e.